The molecule has 108 valence electrons. The van der Waals surface area contributed by atoms with Crippen molar-refractivity contribution in [2.24, 2.45) is 0 Å². The Morgan fingerprint density at radius 2 is 2.24 bits per heavy atom. The Morgan fingerprint density at radius 3 is 2.90 bits per heavy atom. The molecule has 0 aliphatic rings. The highest BCUT2D eigenvalue weighted by Gasteiger charge is 2.10. The second-order valence-corrected chi connectivity index (χ2v) is 4.61. The van der Waals surface area contributed by atoms with Gasteiger partial charge >= 0.3 is 0 Å². The Kier molecular flexibility index (Phi) is 4.85. The fourth-order valence-electron chi connectivity index (χ4n) is 1.92. The topological polar surface area (TPSA) is 57.9 Å². The lowest BCUT2D eigenvalue weighted by molar-refractivity contribution is 0.303. The Morgan fingerprint density at radius 1 is 1.43 bits per heavy atom. The maximum atomic E-state index is 14.0. The average Bonchev–Trinajstić information content (AvgIpc) is 2.52. The van der Waals surface area contributed by atoms with E-state index in [0.29, 0.717) is 22.6 Å². The number of nitriles is 1. The summed E-state index contributed by atoms with van der Waals surface area (Å²) in [6.45, 7) is 2.06. The molecule has 0 aliphatic carbocycles. The van der Waals surface area contributed by atoms with E-state index < -0.39 is 0 Å². The molecule has 1 N–H and O–H groups in total. The van der Waals surface area contributed by atoms with Crippen LogP contribution in [0.15, 0.2) is 36.5 Å². The van der Waals surface area contributed by atoms with E-state index in [9.17, 15) is 4.39 Å². The standard InChI is InChI=1S/C16H16FN3O/c1-11(19-2)14-6-5-13(8-15(14)17)21-10-12-4-3-7-20-16(12)9-18/h3-8,11,19H,10H2,1-2H3. The van der Waals surface area contributed by atoms with Crippen LogP contribution < -0.4 is 10.1 Å². The van der Waals surface area contributed by atoms with Gasteiger partial charge in [0.1, 0.15) is 29.9 Å². The van der Waals surface area contributed by atoms with E-state index in [2.05, 4.69) is 10.3 Å². The van der Waals surface area contributed by atoms with Gasteiger partial charge in [-0.1, -0.05) is 12.1 Å². The first-order valence-electron chi connectivity index (χ1n) is 6.59. The molecule has 4 nitrogen and oxygen atoms in total. The number of aromatic nitrogens is 1. The number of ether oxygens (including phenoxy) is 1. The number of benzene rings is 1. The molecular weight excluding hydrogens is 269 g/mol. The monoisotopic (exact) mass is 285 g/mol. The summed E-state index contributed by atoms with van der Waals surface area (Å²) in [5, 5.41) is 11.9. The summed E-state index contributed by atoms with van der Waals surface area (Å²) in [6, 6.07) is 10.2. The molecule has 0 radical (unpaired) electrons. The summed E-state index contributed by atoms with van der Waals surface area (Å²) in [7, 11) is 1.78. The molecule has 0 spiro atoms. The van der Waals surface area contributed by atoms with Crippen LogP contribution in [0.2, 0.25) is 0 Å². The largest absolute Gasteiger partial charge is 0.489 e. The number of rotatable bonds is 5. The second-order valence-electron chi connectivity index (χ2n) is 4.61. The van der Waals surface area contributed by atoms with Gasteiger partial charge in [-0.3, -0.25) is 0 Å². The van der Waals surface area contributed by atoms with Gasteiger partial charge in [0.05, 0.1) is 0 Å². The molecule has 21 heavy (non-hydrogen) atoms. The van der Waals surface area contributed by atoms with Crippen LogP contribution in [0.1, 0.15) is 29.8 Å². The van der Waals surface area contributed by atoms with Gasteiger partial charge in [0, 0.05) is 29.4 Å². The van der Waals surface area contributed by atoms with Crippen molar-refractivity contribution in [2.45, 2.75) is 19.6 Å². The van der Waals surface area contributed by atoms with Crippen molar-refractivity contribution in [1.29, 1.82) is 5.26 Å². The van der Waals surface area contributed by atoms with E-state index in [1.165, 1.54) is 6.07 Å². The first-order valence-corrected chi connectivity index (χ1v) is 6.59. The van der Waals surface area contributed by atoms with Crippen LogP contribution in [0.5, 0.6) is 5.75 Å². The summed E-state index contributed by atoms with van der Waals surface area (Å²) in [4.78, 5) is 3.95. The Labute approximate surface area is 123 Å². The molecule has 2 rings (SSSR count). The maximum absolute atomic E-state index is 14.0. The Bertz CT molecular complexity index is 667. The van der Waals surface area contributed by atoms with Gasteiger partial charge in [-0.05, 0) is 26.1 Å². The van der Waals surface area contributed by atoms with E-state index in [1.54, 1.807) is 37.5 Å². The predicted octanol–water partition coefficient (Wildman–Crippen LogP) is 2.95. The molecule has 0 amide bonds. The molecule has 1 aromatic heterocycles. The first kappa shape index (κ1) is 14.9. The quantitative estimate of drug-likeness (QED) is 0.917. The van der Waals surface area contributed by atoms with Gasteiger partial charge in [-0.2, -0.15) is 5.26 Å². The van der Waals surface area contributed by atoms with E-state index in [4.69, 9.17) is 10.00 Å². The zero-order valence-electron chi connectivity index (χ0n) is 11.9. The maximum Gasteiger partial charge on any atom is 0.147 e. The van der Waals surface area contributed by atoms with Crippen molar-refractivity contribution in [3.8, 4) is 11.8 Å². The summed E-state index contributed by atoms with van der Waals surface area (Å²) in [5.41, 5.74) is 1.58. The highest BCUT2D eigenvalue weighted by atomic mass is 19.1. The molecule has 1 aromatic carbocycles. The van der Waals surface area contributed by atoms with Gasteiger partial charge in [-0.15, -0.1) is 0 Å². The third-order valence-corrected chi connectivity index (χ3v) is 3.26. The summed E-state index contributed by atoms with van der Waals surface area (Å²) >= 11 is 0. The Balaban J connectivity index is 2.11. The SMILES string of the molecule is CNC(C)c1ccc(OCc2cccnc2C#N)cc1F. The number of hydrogen-bond acceptors (Lipinski definition) is 4. The van der Waals surface area contributed by atoms with Gasteiger partial charge in [0.25, 0.3) is 0 Å². The molecule has 5 heteroatoms. The zero-order valence-corrected chi connectivity index (χ0v) is 11.9. The van der Waals surface area contributed by atoms with Gasteiger partial charge in [0.15, 0.2) is 0 Å². The molecule has 0 saturated heterocycles. The van der Waals surface area contributed by atoms with Crippen LogP contribution in [-0.2, 0) is 6.61 Å². The van der Waals surface area contributed by atoms with E-state index in [1.807, 2.05) is 13.0 Å². The third kappa shape index (κ3) is 3.56. The highest BCUT2D eigenvalue weighted by Crippen LogP contribution is 2.22. The number of pyridine rings is 1. The smallest absolute Gasteiger partial charge is 0.147 e. The first-order chi connectivity index (χ1) is 10.2. The fourth-order valence-corrected chi connectivity index (χ4v) is 1.92. The molecule has 2 aromatic rings. The van der Waals surface area contributed by atoms with Crippen LogP contribution in [0, 0.1) is 17.1 Å². The minimum Gasteiger partial charge on any atom is -0.489 e. The van der Waals surface area contributed by atoms with E-state index in [0.717, 1.165) is 0 Å². The minimum absolute atomic E-state index is 0.0671. The summed E-state index contributed by atoms with van der Waals surface area (Å²) < 4.78 is 19.5. The fraction of sp³-hybridized carbons (Fsp3) is 0.250. The van der Waals surface area contributed by atoms with Crippen molar-refractivity contribution in [1.82, 2.24) is 10.3 Å². The van der Waals surface area contributed by atoms with Crippen molar-refractivity contribution < 1.29 is 9.13 Å². The molecule has 1 atom stereocenters. The third-order valence-electron chi connectivity index (χ3n) is 3.26. The van der Waals surface area contributed by atoms with Crippen molar-refractivity contribution in [3.05, 3.63) is 59.2 Å². The minimum atomic E-state index is -0.318. The van der Waals surface area contributed by atoms with Crippen LogP contribution in [0.4, 0.5) is 4.39 Å². The molecule has 0 aliphatic heterocycles. The molecule has 0 saturated carbocycles. The van der Waals surface area contributed by atoms with Crippen LogP contribution >= 0.6 is 0 Å². The number of nitrogens with one attached hydrogen (secondary N) is 1. The molecule has 1 heterocycles. The number of halogens is 1. The number of hydrogen-bond donors (Lipinski definition) is 1. The predicted molar refractivity (Wildman–Crippen MR) is 77.2 cm³/mol. The summed E-state index contributed by atoms with van der Waals surface area (Å²) in [6.07, 6.45) is 1.55. The zero-order chi connectivity index (χ0) is 15.2. The number of nitrogens with zero attached hydrogens (tertiary/aromatic N) is 2. The lowest BCUT2D eigenvalue weighted by Gasteiger charge is -2.13. The molecular formula is C16H16FN3O. The van der Waals surface area contributed by atoms with Crippen LogP contribution in [-0.4, -0.2) is 12.0 Å². The molecule has 1 unspecified atom stereocenters. The lowest BCUT2D eigenvalue weighted by atomic mass is 10.1. The average molecular weight is 285 g/mol. The Hall–Kier alpha value is -2.45. The van der Waals surface area contributed by atoms with Gasteiger partial charge < -0.3 is 10.1 Å². The normalized spacial score (nSPS) is 11.7. The van der Waals surface area contributed by atoms with Gasteiger partial charge in [0.2, 0.25) is 0 Å². The van der Waals surface area contributed by atoms with E-state index in [-0.39, 0.29) is 18.5 Å². The summed E-state index contributed by atoms with van der Waals surface area (Å²) in [5.74, 6) is 0.105. The van der Waals surface area contributed by atoms with Crippen molar-refractivity contribution in [3.63, 3.8) is 0 Å². The second kappa shape index (κ2) is 6.82. The van der Waals surface area contributed by atoms with Crippen LogP contribution in [0.3, 0.4) is 0 Å². The lowest BCUT2D eigenvalue weighted by Crippen LogP contribution is -2.13. The highest BCUT2D eigenvalue weighted by molar-refractivity contribution is 5.33. The van der Waals surface area contributed by atoms with Crippen molar-refractivity contribution in [2.75, 3.05) is 7.05 Å². The van der Waals surface area contributed by atoms with E-state index >= 15 is 0 Å². The van der Waals surface area contributed by atoms with Gasteiger partial charge in [-0.25, -0.2) is 9.37 Å². The van der Waals surface area contributed by atoms with Crippen LogP contribution in [0.25, 0.3) is 0 Å². The molecule has 0 bridgehead atoms. The molecule has 0 fully saturated rings. The van der Waals surface area contributed by atoms with Crippen molar-refractivity contribution >= 4 is 0 Å².